The van der Waals surface area contributed by atoms with E-state index in [1.807, 2.05) is 6.92 Å². The largest absolute Gasteiger partial charge is 0.352 e. The number of amides is 1. The van der Waals surface area contributed by atoms with E-state index in [0.717, 1.165) is 12.8 Å². The van der Waals surface area contributed by atoms with Gasteiger partial charge < -0.3 is 5.32 Å². The van der Waals surface area contributed by atoms with Gasteiger partial charge in [-0.1, -0.05) is 0 Å². The number of pyridine rings is 1. The van der Waals surface area contributed by atoms with Gasteiger partial charge in [-0.05, 0) is 31.9 Å². The molecule has 1 aromatic rings. The lowest BCUT2D eigenvalue weighted by Crippen LogP contribution is -2.24. The van der Waals surface area contributed by atoms with Crippen LogP contribution < -0.4 is 5.32 Å². The molecule has 1 heterocycles. The number of aromatic nitrogens is 1. The summed E-state index contributed by atoms with van der Waals surface area (Å²) in [6.45, 7) is 2.61. The molecule has 0 saturated carbocycles. The quantitative estimate of drug-likeness (QED) is 0.618. The summed E-state index contributed by atoms with van der Waals surface area (Å²) in [5.41, 5.74) is 0.594. The van der Waals surface area contributed by atoms with E-state index in [1.54, 1.807) is 24.5 Å². The maximum Gasteiger partial charge on any atom is 0.252 e. The number of halogens is 1. The summed E-state index contributed by atoms with van der Waals surface area (Å²) in [4.78, 5) is 15.4. The Bertz CT molecular complexity index is 301. The number of carbonyl (C=O) groups excluding carboxylic acids is 1. The third-order valence-electron chi connectivity index (χ3n) is 1.99. The third-order valence-corrected chi connectivity index (χ3v) is 2.21. The van der Waals surface area contributed by atoms with Gasteiger partial charge >= 0.3 is 0 Å². The zero-order chi connectivity index (χ0) is 11.1. The van der Waals surface area contributed by atoms with E-state index in [2.05, 4.69) is 10.3 Å². The van der Waals surface area contributed by atoms with Crippen LogP contribution in [-0.2, 0) is 0 Å². The van der Waals surface area contributed by atoms with Gasteiger partial charge in [0.25, 0.3) is 5.91 Å². The van der Waals surface area contributed by atoms with E-state index >= 15 is 0 Å². The second-order valence-electron chi connectivity index (χ2n) is 3.42. The topological polar surface area (TPSA) is 42.0 Å². The molecular weight excluding hydrogens is 212 g/mol. The van der Waals surface area contributed by atoms with Gasteiger partial charge in [0.05, 0.1) is 5.56 Å². The first-order valence-electron chi connectivity index (χ1n) is 5.02. The van der Waals surface area contributed by atoms with Crippen molar-refractivity contribution in [3.63, 3.8) is 0 Å². The minimum atomic E-state index is -0.0784. The Morgan fingerprint density at radius 1 is 1.67 bits per heavy atom. The Morgan fingerprint density at radius 3 is 3.07 bits per heavy atom. The van der Waals surface area contributed by atoms with Crippen LogP contribution in [-0.4, -0.2) is 22.8 Å². The predicted octanol–water partition coefficient (Wildman–Crippen LogP) is 2.22. The summed E-state index contributed by atoms with van der Waals surface area (Å²) in [7, 11) is 0. The van der Waals surface area contributed by atoms with Crippen molar-refractivity contribution in [2.75, 3.05) is 6.54 Å². The zero-order valence-corrected chi connectivity index (χ0v) is 9.50. The summed E-state index contributed by atoms with van der Waals surface area (Å²) < 4.78 is 0. The number of carbonyl (C=O) groups is 1. The standard InChI is InChI=1S/C11H15ClN2O/c1-9(12)4-2-7-14-11(15)10-5-3-6-13-8-10/h3,5-6,8-9H,2,4,7H2,1H3,(H,14,15). The molecule has 3 nitrogen and oxygen atoms in total. The van der Waals surface area contributed by atoms with Gasteiger partial charge in [-0.2, -0.15) is 0 Å². The van der Waals surface area contributed by atoms with Gasteiger partial charge in [0, 0.05) is 24.3 Å². The SMILES string of the molecule is CC(Cl)CCCNC(=O)c1cccnc1. The first-order valence-corrected chi connectivity index (χ1v) is 5.46. The molecule has 0 radical (unpaired) electrons. The van der Waals surface area contributed by atoms with Crippen molar-refractivity contribution in [3.8, 4) is 0 Å². The Balaban J connectivity index is 2.25. The molecule has 0 aliphatic carbocycles. The average Bonchev–Trinajstić information content (AvgIpc) is 2.25. The fraction of sp³-hybridized carbons (Fsp3) is 0.455. The molecular formula is C11H15ClN2O. The van der Waals surface area contributed by atoms with Crippen LogP contribution >= 0.6 is 11.6 Å². The highest BCUT2D eigenvalue weighted by Crippen LogP contribution is 2.02. The minimum absolute atomic E-state index is 0.0784. The lowest BCUT2D eigenvalue weighted by Gasteiger charge is -2.05. The molecule has 82 valence electrons. The summed E-state index contributed by atoms with van der Waals surface area (Å²) in [6.07, 6.45) is 5.01. The molecule has 0 aromatic carbocycles. The summed E-state index contributed by atoms with van der Waals surface area (Å²) in [5.74, 6) is -0.0784. The maximum absolute atomic E-state index is 11.5. The molecule has 0 saturated heterocycles. The summed E-state index contributed by atoms with van der Waals surface area (Å²) in [6, 6.07) is 3.49. The average molecular weight is 227 g/mol. The fourth-order valence-electron chi connectivity index (χ4n) is 1.18. The second-order valence-corrected chi connectivity index (χ2v) is 4.17. The van der Waals surface area contributed by atoms with Crippen LogP contribution in [0.15, 0.2) is 24.5 Å². The first kappa shape index (κ1) is 12.0. The van der Waals surface area contributed by atoms with Gasteiger partial charge in [0.15, 0.2) is 0 Å². The van der Waals surface area contributed by atoms with Crippen molar-refractivity contribution in [2.45, 2.75) is 25.1 Å². The van der Waals surface area contributed by atoms with E-state index in [1.165, 1.54) is 0 Å². The maximum atomic E-state index is 11.5. The minimum Gasteiger partial charge on any atom is -0.352 e. The molecule has 0 fully saturated rings. The molecule has 0 aliphatic rings. The number of rotatable bonds is 5. The van der Waals surface area contributed by atoms with Crippen molar-refractivity contribution in [1.29, 1.82) is 0 Å². The molecule has 0 bridgehead atoms. The van der Waals surface area contributed by atoms with Crippen LogP contribution in [0.5, 0.6) is 0 Å². The van der Waals surface area contributed by atoms with E-state index < -0.39 is 0 Å². The third kappa shape index (κ3) is 4.79. The zero-order valence-electron chi connectivity index (χ0n) is 8.74. The van der Waals surface area contributed by atoms with Gasteiger partial charge in [0.2, 0.25) is 0 Å². The van der Waals surface area contributed by atoms with Crippen molar-refractivity contribution in [1.82, 2.24) is 10.3 Å². The lowest BCUT2D eigenvalue weighted by atomic mass is 10.2. The second kappa shape index (κ2) is 6.40. The number of hydrogen-bond acceptors (Lipinski definition) is 2. The van der Waals surface area contributed by atoms with Crippen molar-refractivity contribution in [3.05, 3.63) is 30.1 Å². The smallest absolute Gasteiger partial charge is 0.252 e. The molecule has 1 atom stereocenters. The molecule has 0 spiro atoms. The highest BCUT2D eigenvalue weighted by molar-refractivity contribution is 6.20. The van der Waals surface area contributed by atoms with E-state index in [4.69, 9.17) is 11.6 Å². The number of hydrogen-bond donors (Lipinski definition) is 1. The molecule has 1 unspecified atom stereocenters. The van der Waals surface area contributed by atoms with Crippen molar-refractivity contribution >= 4 is 17.5 Å². The molecule has 15 heavy (non-hydrogen) atoms. The Kier molecular flexibility index (Phi) is 5.12. The van der Waals surface area contributed by atoms with Gasteiger partial charge in [0.1, 0.15) is 0 Å². The van der Waals surface area contributed by atoms with Crippen LogP contribution in [0.2, 0.25) is 0 Å². The van der Waals surface area contributed by atoms with Crippen molar-refractivity contribution in [2.24, 2.45) is 0 Å². The molecule has 4 heteroatoms. The molecule has 1 N–H and O–H groups in total. The number of nitrogens with zero attached hydrogens (tertiary/aromatic N) is 1. The normalized spacial score (nSPS) is 12.1. The Hall–Kier alpha value is -1.09. The van der Waals surface area contributed by atoms with Crippen LogP contribution in [0.25, 0.3) is 0 Å². The fourth-order valence-corrected chi connectivity index (χ4v) is 1.34. The van der Waals surface area contributed by atoms with E-state index in [9.17, 15) is 4.79 Å². The molecule has 1 aromatic heterocycles. The number of nitrogens with one attached hydrogen (secondary N) is 1. The summed E-state index contributed by atoms with van der Waals surface area (Å²) in [5, 5.41) is 2.98. The Morgan fingerprint density at radius 2 is 2.47 bits per heavy atom. The monoisotopic (exact) mass is 226 g/mol. The van der Waals surface area contributed by atoms with Gasteiger partial charge in [-0.15, -0.1) is 11.6 Å². The van der Waals surface area contributed by atoms with Crippen molar-refractivity contribution < 1.29 is 4.79 Å². The van der Waals surface area contributed by atoms with E-state index in [-0.39, 0.29) is 11.3 Å². The highest BCUT2D eigenvalue weighted by atomic mass is 35.5. The Labute approximate surface area is 94.9 Å². The van der Waals surface area contributed by atoms with Crippen LogP contribution in [0.1, 0.15) is 30.1 Å². The van der Waals surface area contributed by atoms with Gasteiger partial charge in [-0.25, -0.2) is 0 Å². The molecule has 1 rings (SSSR count). The highest BCUT2D eigenvalue weighted by Gasteiger charge is 2.03. The summed E-state index contributed by atoms with van der Waals surface area (Å²) >= 11 is 5.79. The van der Waals surface area contributed by atoms with Gasteiger partial charge in [-0.3, -0.25) is 9.78 Å². The van der Waals surface area contributed by atoms with Crippen LogP contribution in [0.3, 0.4) is 0 Å². The lowest BCUT2D eigenvalue weighted by molar-refractivity contribution is 0.0952. The van der Waals surface area contributed by atoms with E-state index in [0.29, 0.717) is 12.1 Å². The first-order chi connectivity index (χ1) is 7.20. The predicted molar refractivity (Wildman–Crippen MR) is 61.1 cm³/mol. The van der Waals surface area contributed by atoms with Crippen LogP contribution in [0.4, 0.5) is 0 Å². The molecule has 0 aliphatic heterocycles. The molecule has 1 amide bonds. The number of alkyl halides is 1. The van der Waals surface area contributed by atoms with Crippen LogP contribution in [0, 0.1) is 0 Å².